The van der Waals surface area contributed by atoms with E-state index in [-0.39, 0.29) is 0 Å². The smallest absolute Gasteiger partial charge is 0.261 e. The number of alkyl halides is 18. The van der Waals surface area contributed by atoms with Crippen LogP contribution in [0, 0.1) is 0 Å². The second kappa shape index (κ2) is 8.47. The summed E-state index contributed by atoms with van der Waals surface area (Å²) in [4.78, 5) is 19.8. The summed E-state index contributed by atoms with van der Waals surface area (Å²) in [5.41, 5.74) is 0. The molecule has 0 aliphatic carbocycles. The maximum absolute atomic E-state index is 13.3. The molecule has 0 heterocycles. The topological polar surface area (TPSA) is 52.6 Å². The molecule has 0 radical (unpaired) electrons. The molecule has 2 atom stereocenters. The Morgan fingerprint density at radius 1 is 0.400 bits per heavy atom. The van der Waals surface area contributed by atoms with Crippen LogP contribution in [0.15, 0.2) is 0 Å². The van der Waals surface area contributed by atoms with Gasteiger partial charge >= 0.3 is 66.1 Å². The van der Waals surface area contributed by atoms with Crippen LogP contribution in [0.3, 0.4) is 0 Å². The SMILES string of the molecule is O=C(F)C(F)(OC(F)(F)C(F)(F)C(F)(F)C(F)(F)C(F)(F)OC(F)(C(=O)F)C(F)(F)F)C(F)(F)F. The number of hydrogen-bond acceptors (Lipinski definition) is 4. The van der Waals surface area contributed by atoms with Crippen molar-refractivity contribution >= 4 is 12.1 Å². The van der Waals surface area contributed by atoms with Gasteiger partial charge in [-0.15, -0.1) is 0 Å². The van der Waals surface area contributed by atoms with E-state index in [4.69, 9.17) is 0 Å². The highest BCUT2D eigenvalue weighted by Gasteiger charge is 2.90. The van der Waals surface area contributed by atoms with Gasteiger partial charge in [0.05, 0.1) is 0 Å². The van der Waals surface area contributed by atoms with Gasteiger partial charge in [0.1, 0.15) is 0 Å². The summed E-state index contributed by atoms with van der Waals surface area (Å²) >= 11 is 0. The van der Waals surface area contributed by atoms with E-state index in [0.29, 0.717) is 0 Å². The highest BCUT2D eigenvalue weighted by Crippen LogP contribution is 2.60. The first-order chi connectivity index (χ1) is 14.8. The molecule has 0 saturated heterocycles. The number of ether oxygens (including phenoxy) is 2. The van der Waals surface area contributed by atoms with Gasteiger partial charge in [0.25, 0.3) is 0 Å². The van der Waals surface area contributed by atoms with Crippen molar-refractivity contribution in [3.63, 3.8) is 0 Å². The van der Waals surface area contributed by atoms with Gasteiger partial charge in [-0.3, -0.25) is 19.1 Å². The number of carbonyl (C=O) groups excluding carboxylic acids is 2. The maximum atomic E-state index is 13.3. The third-order valence-electron chi connectivity index (χ3n) is 3.29. The highest BCUT2D eigenvalue weighted by atomic mass is 19.4. The van der Waals surface area contributed by atoms with Crippen LogP contribution in [0.2, 0.25) is 0 Å². The number of rotatable bonds is 10. The summed E-state index contributed by atoms with van der Waals surface area (Å²) in [6.45, 7) is 0. The van der Waals surface area contributed by atoms with Crippen molar-refractivity contribution in [2.75, 3.05) is 0 Å². The fourth-order valence-corrected chi connectivity index (χ4v) is 1.46. The standard InChI is InChI=1S/C11F20O4/c12-1(32)3(14,8(22,23)24)34-10(28,29)6(18,19)5(16,17)7(20,21)11(30,31)35-4(15,2(13)33)9(25,26)27. The van der Waals surface area contributed by atoms with Crippen molar-refractivity contribution in [2.24, 2.45) is 0 Å². The van der Waals surface area contributed by atoms with Crippen molar-refractivity contribution in [2.45, 2.75) is 54.0 Å². The lowest BCUT2D eigenvalue weighted by Gasteiger charge is -2.40. The summed E-state index contributed by atoms with van der Waals surface area (Å²) in [6, 6.07) is -9.75. The molecule has 0 bridgehead atoms. The summed E-state index contributed by atoms with van der Waals surface area (Å²) in [6.07, 6.45) is -31.6. The summed E-state index contributed by atoms with van der Waals surface area (Å²) in [7, 11) is 0. The Hall–Kier alpha value is -2.14. The summed E-state index contributed by atoms with van der Waals surface area (Å²) in [5.74, 6) is -41.0. The first-order valence-corrected chi connectivity index (χ1v) is 7.00. The predicted octanol–water partition coefficient (Wildman–Crippen LogP) is 5.56. The van der Waals surface area contributed by atoms with Crippen LogP contribution in [-0.2, 0) is 19.1 Å². The number of halogens is 20. The van der Waals surface area contributed by atoms with Gasteiger partial charge in [-0.2, -0.15) is 87.8 Å². The molecule has 0 aliphatic rings. The average molecular weight is 576 g/mol. The largest absolute Gasteiger partial charge is 0.459 e. The van der Waals surface area contributed by atoms with E-state index in [1.807, 2.05) is 0 Å². The zero-order chi connectivity index (χ0) is 29.1. The maximum Gasteiger partial charge on any atom is 0.459 e. The molecule has 208 valence electrons. The van der Waals surface area contributed by atoms with Crippen molar-refractivity contribution in [3.05, 3.63) is 0 Å². The van der Waals surface area contributed by atoms with Crippen molar-refractivity contribution in [1.82, 2.24) is 0 Å². The van der Waals surface area contributed by atoms with Gasteiger partial charge in [0.2, 0.25) is 0 Å². The number of hydrogen-bond donors (Lipinski definition) is 0. The summed E-state index contributed by atoms with van der Waals surface area (Å²) in [5, 5.41) is 0. The van der Waals surface area contributed by atoms with E-state index >= 15 is 0 Å². The quantitative estimate of drug-likeness (QED) is 0.253. The van der Waals surface area contributed by atoms with Gasteiger partial charge in [-0.25, -0.2) is 0 Å². The Kier molecular flexibility index (Phi) is 7.95. The Balaban J connectivity index is 6.74. The van der Waals surface area contributed by atoms with Gasteiger partial charge in [0.15, 0.2) is 0 Å². The van der Waals surface area contributed by atoms with Crippen LogP contribution >= 0.6 is 0 Å². The van der Waals surface area contributed by atoms with Gasteiger partial charge < -0.3 is 0 Å². The Bertz CT molecular complexity index is 762. The van der Waals surface area contributed by atoms with E-state index in [1.165, 1.54) is 9.47 Å². The predicted molar refractivity (Wildman–Crippen MR) is 58.9 cm³/mol. The third-order valence-corrected chi connectivity index (χ3v) is 3.29. The Morgan fingerprint density at radius 2 is 0.600 bits per heavy atom. The fourth-order valence-electron chi connectivity index (χ4n) is 1.46. The molecule has 24 heteroatoms. The zero-order valence-corrected chi connectivity index (χ0v) is 14.7. The minimum absolute atomic E-state index is 1.24. The van der Waals surface area contributed by atoms with Crippen LogP contribution in [0.4, 0.5) is 87.8 Å². The molecule has 0 rings (SSSR count). The Morgan fingerprint density at radius 3 is 0.743 bits per heavy atom. The lowest BCUT2D eigenvalue weighted by Crippen LogP contribution is -2.71. The lowest BCUT2D eigenvalue weighted by molar-refractivity contribution is -0.509. The third kappa shape index (κ3) is 4.94. The van der Waals surface area contributed by atoms with Gasteiger partial charge in [-0.1, -0.05) is 0 Å². The molecular formula is C11F20O4. The molecule has 0 fully saturated rings. The molecular weight excluding hydrogens is 576 g/mol. The first-order valence-electron chi connectivity index (χ1n) is 7.00. The molecule has 0 aromatic heterocycles. The minimum atomic E-state index is -8.83. The van der Waals surface area contributed by atoms with Crippen LogP contribution in [-0.4, -0.2) is 66.1 Å². The minimum Gasteiger partial charge on any atom is -0.261 e. The monoisotopic (exact) mass is 576 g/mol. The van der Waals surface area contributed by atoms with Crippen LogP contribution < -0.4 is 0 Å². The molecule has 0 aromatic rings. The van der Waals surface area contributed by atoms with Crippen LogP contribution in [0.5, 0.6) is 0 Å². The molecule has 0 spiro atoms. The van der Waals surface area contributed by atoms with Crippen LogP contribution in [0.25, 0.3) is 0 Å². The van der Waals surface area contributed by atoms with E-state index in [2.05, 4.69) is 0 Å². The number of carbonyl (C=O) groups is 2. The van der Waals surface area contributed by atoms with Crippen molar-refractivity contribution in [3.8, 4) is 0 Å². The Labute approximate surface area is 174 Å². The van der Waals surface area contributed by atoms with E-state index in [0.717, 1.165) is 0 Å². The normalized spacial score (nSPS) is 18.6. The molecule has 0 N–H and O–H groups in total. The molecule has 0 amide bonds. The van der Waals surface area contributed by atoms with E-state index < -0.39 is 66.1 Å². The highest BCUT2D eigenvalue weighted by molar-refractivity contribution is 5.78. The first kappa shape index (κ1) is 32.9. The lowest BCUT2D eigenvalue weighted by atomic mass is 10.0. The average Bonchev–Trinajstić information content (AvgIpc) is 2.57. The molecule has 2 unspecified atom stereocenters. The van der Waals surface area contributed by atoms with Gasteiger partial charge in [0, 0.05) is 0 Å². The molecule has 35 heavy (non-hydrogen) atoms. The van der Waals surface area contributed by atoms with Crippen LogP contribution in [0.1, 0.15) is 0 Å². The van der Waals surface area contributed by atoms with E-state index in [1.54, 1.807) is 0 Å². The molecule has 4 nitrogen and oxygen atoms in total. The van der Waals surface area contributed by atoms with Gasteiger partial charge in [-0.05, 0) is 0 Å². The van der Waals surface area contributed by atoms with E-state index in [9.17, 15) is 97.4 Å². The summed E-state index contributed by atoms with van der Waals surface area (Å²) < 4.78 is 258. The van der Waals surface area contributed by atoms with Crippen molar-refractivity contribution < 1.29 is 107 Å². The fraction of sp³-hybridized carbons (Fsp3) is 0.818. The van der Waals surface area contributed by atoms with Crippen molar-refractivity contribution in [1.29, 1.82) is 0 Å². The molecule has 0 aromatic carbocycles. The second-order valence-corrected chi connectivity index (χ2v) is 5.69. The molecule has 0 aliphatic heterocycles. The second-order valence-electron chi connectivity index (χ2n) is 5.69. The zero-order valence-electron chi connectivity index (χ0n) is 14.7. The molecule has 0 saturated carbocycles.